The quantitative estimate of drug-likeness (QED) is 0.870. The minimum atomic E-state index is 0.0619. The molecule has 0 aliphatic carbocycles. The average Bonchev–Trinajstić information content (AvgIpc) is 2.54. The molecular formula is C19H31N3O2. The molecule has 0 unspecified atom stereocenters. The van der Waals surface area contributed by atoms with Gasteiger partial charge in [0.1, 0.15) is 5.75 Å². The number of urea groups is 1. The molecule has 1 aliphatic heterocycles. The fourth-order valence-corrected chi connectivity index (χ4v) is 2.76. The second-order valence-electron chi connectivity index (χ2n) is 7.12. The van der Waals surface area contributed by atoms with Crippen LogP contribution in [0.4, 0.5) is 4.79 Å². The number of hydrogen-bond acceptors (Lipinski definition) is 3. The maximum Gasteiger partial charge on any atom is 0.317 e. The number of benzene rings is 1. The van der Waals surface area contributed by atoms with Gasteiger partial charge in [-0.15, -0.1) is 0 Å². The molecule has 2 amide bonds. The lowest BCUT2D eigenvalue weighted by Crippen LogP contribution is -2.51. The minimum absolute atomic E-state index is 0.0619. The number of nitrogens with zero attached hydrogens (tertiary/aromatic N) is 2. The molecule has 5 nitrogen and oxygen atoms in total. The normalized spacial score (nSPS) is 15.8. The van der Waals surface area contributed by atoms with Gasteiger partial charge in [-0.1, -0.05) is 32.0 Å². The van der Waals surface area contributed by atoms with E-state index in [1.54, 1.807) is 0 Å². The summed E-state index contributed by atoms with van der Waals surface area (Å²) in [7, 11) is 0. The maximum absolute atomic E-state index is 12.1. The lowest BCUT2D eigenvalue weighted by atomic mass is 10.1. The second-order valence-corrected chi connectivity index (χ2v) is 7.12. The summed E-state index contributed by atoms with van der Waals surface area (Å²) in [6.07, 6.45) is 0.174. The van der Waals surface area contributed by atoms with Crippen LogP contribution in [0.2, 0.25) is 0 Å². The van der Waals surface area contributed by atoms with Crippen LogP contribution in [0, 0.1) is 5.92 Å². The number of para-hydroxylation sites is 1. The fourth-order valence-electron chi connectivity index (χ4n) is 2.76. The Morgan fingerprint density at radius 3 is 2.42 bits per heavy atom. The molecule has 1 aromatic rings. The number of ether oxygens (including phenoxy) is 1. The van der Waals surface area contributed by atoms with Gasteiger partial charge in [0.05, 0.1) is 6.10 Å². The third kappa shape index (κ3) is 5.71. The average molecular weight is 333 g/mol. The Kier molecular flexibility index (Phi) is 6.91. The number of nitrogens with one attached hydrogen (secondary N) is 1. The van der Waals surface area contributed by atoms with E-state index < -0.39 is 0 Å². The van der Waals surface area contributed by atoms with Crippen molar-refractivity contribution in [3.05, 3.63) is 29.8 Å². The first-order valence-electron chi connectivity index (χ1n) is 8.95. The van der Waals surface area contributed by atoms with Gasteiger partial charge in [0.2, 0.25) is 0 Å². The lowest BCUT2D eigenvalue weighted by Gasteiger charge is -2.35. The van der Waals surface area contributed by atoms with Crippen molar-refractivity contribution >= 4 is 6.03 Å². The summed E-state index contributed by atoms with van der Waals surface area (Å²) in [5.41, 5.74) is 1.21. The predicted molar refractivity (Wildman–Crippen MR) is 97.3 cm³/mol. The highest BCUT2D eigenvalue weighted by molar-refractivity contribution is 5.74. The summed E-state index contributed by atoms with van der Waals surface area (Å²) in [6, 6.07) is 8.28. The minimum Gasteiger partial charge on any atom is -0.491 e. The Hall–Kier alpha value is -1.75. The first-order valence-corrected chi connectivity index (χ1v) is 8.95. The van der Waals surface area contributed by atoms with Crippen molar-refractivity contribution in [3.8, 4) is 5.75 Å². The Balaban J connectivity index is 1.84. The molecule has 24 heavy (non-hydrogen) atoms. The number of piperazine rings is 1. The van der Waals surface area contributed by atoms with E-state index in [9.17, 15) is 4.79 Å². The molecule has 0 aromatic heterocycles. The summed E-state index contributed by atoms with van der Waals surface area (Å²) in [5.74, 6) is 1.44. The van der Waals surface area contributed by atoms with Crippen LogP contribution in [0.25, 0.3) is 0 Å². The number of carbonyl (C=O) groups excluding carboxylic acids is 1. The number of amides is 2. The molecule has 1 saturated heterocycles. The fraction of sp³-hybridized carbons (Fsp3) is 0.632. The predicted octanol–water partition coefficient (Wildman–Crippen LogP) is 2.96. The zero-order chi connectivity index (χ0) is 17.5. The molecule has 5 heteroatoms. The zero-order valence-electron chi connectivity index (χ0n) is 15.4. The highest BCUT2D eigenvalue weighted by atomic mass is 16.5. The van der Waals surface area contributed by atoms with Gasteiger partial charge in [0, 0.05) is 44.8 Å². The van der Waals surface area contributed by atoms with Crippen molar-refractivity contribution in [1.29, 1.82) is 0 Å². The SMILES string of the molecule is CC(C)CNC(=O)N1CCN(Cc2ccccc2OC(C)C)CC1. The molecular weight excluding hydrogens is 302 g/mol. The first-order chi connectivity index (χ1) is 11.5. The first kappa shape index (κ1) is 18.6. The zero-order valence-corrected chi connectivity index (χ0v) is 15.4. The van der Waals surface area contributed by atoms with Crippen molar-refractivity contribution in [1.82, 2.24) is 15.1 Å². The number of rotatable bonds is 6. The topological polar surface area (TPSA) is 44.8 Å². The molecule has 0 bridgehead atoms. The molecule has 1 heterocycles. The van der Waals surface area contributed by atoms with Gasteiger partial charge in [-0.3, -0.25) is 4.90 Å². The Labute approximate surface area is 146 Å². The van der Waals surface area contributed by atoms with Gasteiger partial charge >= 0.3 is 6.03 Å². The van der Waals surface area contributed by atoms with Gasteiger partial charge in [-0.25, -0.2) is 4.79 Å². The summed E-state index contributed by atoms with van der Waals surface area (Å²) < 4.78 is 5.90. The second kappa shape index (κ2) is 8.92. The van der Waals surface area contributed by atoms with Gasteiger partial charge in [-0.05, 0) is 25.8 Å². The van der Waals surface area contributed by atoms with Gasteiger partial charge in [0.15, 0.2) is 0 Å². The van der Waals surface area contributed by atoms with Crippen LogP contribution in [0.1, 0.15) is 33.3 Å². The highest BCUT2D eigenvalue weighted by Gasteiger charge is 2.21. The third-order valence-electron chi connectivity index (χ3n) is 4.05. The van der Waals surface area contributed by atoms with E-state index in [-0.39, 0.29) is 12.1 Å². The van der Waals surface area contributed by atoms with Gasteiger partial charge < -0.3 is 15.0 Å². The summed E-state index contributed by atoms with van der Waals surface area (Å²) in [4.78, 5) is 16.4. The Morgan fingerprint density at radius 1 is 1.12 bits per heavy atom. The van der Waals surface area contributed by atoms with Crippen LogP contribution in [-0.4, -0.2) is 54.7 Å². The van der Waals surface area contributed by atoms with Crippen LogP contribution >= 0.6 is 0 Å². The summed E-state index contributed by atoms with van der Waals surface area (Å²) in [5, 5.41) is 3.00. The highest BCUT2D eigenvalue weighted by Crippen LogP contribution is 2.21. The van der Waals surface area contributed by atoms with Crippen LogP contribution < -0.4 is 10.1 Å². The molecule has 1 fully saturated rings. The van der Waals surface area contributed by atoms with Crippen molar-refractivity contribution in [3.63, 3.8) is 0 Å². The van der Waals surface area contributed by atoms with E-state index in [2.05, 4.69) is 36.2 Å². The molecule has 0 atom stereocenters. The van der Waals surface area contributed by atoms with E-state index in [0.717, 1.165) is 45.0 Å². The van der Waals surface area contributed by atoms with Crippen LogP contribution in [0.5, 0.6) is 5.75 Å². The molecule has 2 rings (SSSR count). The van der Waals surface area contributed by atoms with Crippen molar-refractivity contribution in [2.24, 2.45) is 5.92 Å². The monoisotopic (exact) mass is 333 g/mol. The van der Waals surface area contributed by atoms with Gasteiger partial charge in [0.25, 0.3) is 0 Å². The van der Waals surface area contributed by atoms with Crippen molar-refractivity contribution < 1.29 is 9.53 Å². The summed E-state index contributed by atoms with van der Waals surface area (Å²) in [6.45, 7) is 13.2. The third-order valence-corrected chi connectivity index (χ3v) is 4.05. The number of hydrogen-bond donors (Lipinski definition) is 1. The van der Waals surface area contributed by atoms with Crippen molar-refractivity contribution in [2.45, 2.75) is 40.3 Å². The standard InChI is InChI=1S/C19H31N3O2/c1-15(2)13-20-19(23)22-11-9-21(10-12-22)14-17-7-5-6-8-18(17)24-16(3)4/h5-8,15-16H,9-14H2,1-4H3,(H,20,23). The number of carbonyl (C=O) groups is 1. The van der Waals surface area contributed by atoms with Crippen LogP contribution in [0.3, 0.4) is 0 Å². The van der Waals surface area contributed by atoms with E-state index in [1.807, 2.05) is 30.9 Å². The largest absolute Gasteiger partial charge is 0.491 e. The van der Waals surface area contributed by atoms with Crippen LogP contribution in [0.15, 0.2) is 24.3 Å². The maximum atomic E-state index is 12.1. The smallest absolute Gasteiger partial charge is 0.317 e. The van der Waals surface area contributed by atoms with E-state index in [1.165, 1.54) is 5.56 Å². The van der Waals surface area contributed by atoms with Crippen LogP contribution in [-0.2, 0) is 6.54 Å². The molecule has 1 N–H and O–H groups in total. The Bertz CT molecular complexity index is 523. The summed E-state index contributed by atoms with van der Waals surface area (Å²) >= 11 is 0. The van der Waals surface area contributed by atoms with Gasteiger partial charge in [-0.2, -0.15) is 0 Å². The van der Waals surface area contributed by atoms with E-state index in [4.69, 9.17) is 4.74 Å². The Morgan fingerprint density at radius 2 is 1.79 bits per heavy atom. The molecule has 0 spiro atoms. The van der Waals surface area contributed by atoms with E-state index in [0.29, 0.717) is 5.92 Å². The molecule has 1 aliphatic rings. The molecule has 1 aromatic carbocycles. The molecule has 134 valence electrons. The van der Waals surface area contributed by atoms with Crippen molar-refractivity contribution in [2.75, 3.05) is 32.7 Å². The molecule has 0 radical (unpaired) electrons. The van der Waals surface area contributed by atoms with E-state index >= 15 is 0 Å². The molecule has 0 saturated carbocycles. The lowest BCUT2D eigenvalue weighted by molar-refractivity contribution is 0.133.